The second kappa shape index (κ2) is 13.0. The zero-order chi connectivity index (χ0) is 27.8. The van der Waals surface area contributed by atoms with Gasteiger partial charge in [0.15, 0.2) is 0 Å². The molecule has 39 heavy (non-hydrogen) atoms. The average molecular weight is 522 g/mol. The average Bonchev–Trinajstić information content (AvgIpc) is 2.93. The minimum Gasteiger partial charge on any atom is -0.496 e. The van der Waals surface area contributed by atoms with Crippen LogP contribution in [0.3, 0.4) is 0 Å². The van der Waals surface area contributed by atoms with Crippen molar-refractivity contribution in [2.45, 2.75) is 52.4 Å². The number of hydrogen-bond acceptors (Lipinski definition) is 5. The van der Waals surface area contributed by atoms with E-state index in [0.29, 0.717) is 30.6 Å². The molecule has 1 N–H and O–H groups in total. The summed E-state index contributed by atoms with van der Waals surface area (Å²) in [7, 11) is 1.62. The number of carbonyl (C=O) groups excluding carboxylic acids is 2. The van der Waals surface area contributed by atoms with E-state index >= 15 is 0 Å². The Morgan fingerprint density at radius 2 is 1.82 bits per heavy atom. The molecular weight excluding hydrogens is 486 g/mol. The maximum Gasteiger partial charge on any atom is 0.255 e. The van der Waals surface area contributed by atoms with Gasteiger partial charge in [0.25, 0.3) is 5.91 Å². The number of ketones is 1. The molecule has 4 aromatic rings. The van der Waals surface area contributed by atoms with E-state index in [4.69, 9.17) is 9.72 Å². The molecule has 6 nitrogen and oxygen atoms in total. The van der Waals surface area contributed by atoms with Crippen molar-refractivity contribution in [3.63, 3.8) is 0 Å². The molecule has 0 spiro atoms. The Morgan fingerprint density at radius 1 is 1.00 bits per heavy atom. The van der Waals surface area contributed by atoms with Crippen molar-refractivity contribution in [1.82, 2.24) is 9.97 Å². The fraction of sp³-hybridized carbons (Fsp3) is 0.273. The van der Waals surface area contributed by atoms with Gasteiger partial charge in [0.1, 0.15) is 11.5 Å². The maximum absolute atomic E-state index is 12.7. The molecule has 0 aliphatic heterocycles. The first kappa shape index (κ1) is 27.7. The number of aromatic nitrogens is 2. The summed E-state index contributed by atoms with van der Waals surface area (Å²) in [6.45, 7) is 6.12. The number of carbonyl (C=O) groups is 2. The van der Waals surface area contributed by atoms with E-state index < -0.39 is 0 Å². The number of Topliss-reactive ketones (excluding diaryl/α,β-unsaturated/α-hetero) is 1. The molecule has 1 atom stereocenters. The highest BCUT2D eigenvalue weighted by atomic mass is 16.5. The monoisotopic (exact) mass is 521 g/mol. The predicted molar refractivity (Wildman–Crippen MR) is 155 cm³/mol. The second-order valence-electron chi connectivity index (χ2n) is 9.94. The van der Waals surface area contributed by atoms with Gasteiger partial charge < -0.3 is 10.1 Å². The third-order valence-corrected chi connectivity index (χ3v) is 6.69. The van der Waals surface area contributed by atoms with Crippen LogP contribution in [0.1, 0.15) is 65.3 Å². The van der Waals surface area contributed by atoms with Crippen LogP contribution in [-0.4, -0.2) is 28.8 Å². The first-order valence-electron chi connectivity index (χ1n) is 13.3. The van der Waals surface area contributed by atoms with E-state index in [1.165, 1.54) is 0 Å². The second-order valence-corrected chi connectivity index (χ2v) is 9.94. The van der Waals surface area contributed by atoms with Gasteiger partial charge in [-0.15, -0.1) is 0 Å². The van der Waals surface area contributed by atoms with E-state index in [9.17, 15) is 9.59 Å². The van der Waals surface area contributed by atoms with Crippen LogP contribution < -0.4 is 10.1 Å². The SMILES string of the molecule is CCCC(=O)Cc1ccc(-c2cncc(C[C@@H](C)c3cccc(NC(=O)c4cccc(C)c4)c3)n2)cc1OC. The fourth-order valence-electron chi connectivity index (χ4n) is 4.62. The van der Waals surface area contributed by atoms with Crippen LogP contribution in [0.5, 0.6) is 5.75 Å². The lowest BCUT2D eigenvalue weighted by Crippen LogP contribution is -2.12. The number of rotatable bonds is 11. The highest BCUT2D eigenvalue weighted by molar-refractivity contribution is 6.04. The molecule has 1 amide bonds. The minimum absolute atomic E-state index is 0.127. The summed E-state index contributed by atoms with van der Waals surface area (Å²) in [5.41, 5.74) is 6.94. The quantitative estimate of drug-likeness (QED) is 0.230. The fourth-order valence-corrected chi connectivity index (χ4v) is 4.62. The van der Waals surface area contributed by atoms with Crippen molar-refractivity contribution in [3.05, 3.63) is 107 Å². The van der Waals surface area contributed by atoms with Crippen LogP contribution in [-0.2, 0) is 17.6 Å². The first-order chi connectivity index (χ1) is 18.9. The minimum atomic E-state index is -0.127. The van der Waals surface area contributed by atoms with Crippen LogP contribution in [0.15, 0.2) is 79.1 Å². The van der Waals surface area contributed by atoms with Crippen LogP contribution >= 0.6 is 0 Å². The number of nitrogens with zero attached hydrogens (tertiary/aromatic N) is 2. The Kier molecular flexibility index (Phi) is 9.21. The van der Waals surface area contributed by atoms with Gasteiger partial charge in [0, 0.05) is 41.4 Å². The normalized spacial score (nSPS) is 11.6. The summed E-state index contributed by atoms with van der Waals surface area (Å²) < 4.78 is 5.58. The summed E-state index contributed by atoms with van der Waals surface area (Å²) in [4.78, 5) is 34.2. The number of amides is 1. The van der Waals surface area contributed by atoms with Gasteiger partial charge in [-0.05, 0) is 61.6 Å². The van der Waals surface area contributed by atoms with Gasteiger partial charge in [-0.25, -0.2) is 4.98 Å². The molecule has 0 saturated heterocycles. The number of hydrogen-bond donors (Lipinski definition) is 1. The van der Waals surface area contributed by atoms with Crippen molar-refractivity contribution in [2.24, 2.45) is 0 Å². The van der Waals surface area contributed by atoms with Crippen molar-refractivity contribution >= 4 is 17.4 Å². The lowest BCUT2D eigenvalue weighted by Gasteiger charge is -2.14. The number of benzene rings is 3. The molecule has 0 unspecified atom stereocenters. The Bertz CT molecular complexity index is 1460. The molecule has 3 aromatic carbocycles. The Morgan fingerprint density at radius 3 is 2.59 bits per heavy atom. The lowest BCUT2D eigenvalue weighted by molar-refractivity contribution is -0.118. The number of anilines is 1. The van der Waals surface area contributed by atoms with Gasteiger partial charge in [0.05, 0.1) is 24.7 Å². The molecule has 0 fully saturated rings. The highest BCUT2D eigenvalue weighted by Crippen LogP contribution is 2.28. The topological polar surface area (TPSA) is 81.2 Å². The summed E-state index contributed by atoms with van der Waals surface area (Å²) in [5.74, 6) is 0.922. The molecule has 0 aliphatic carbocycles. The van der Waals surface area contributed by atoms with E-state index in [-0.39, 0.29) is 17.6 Å². The molecule has 200 valence electrons. The molecule has 0 radical (unpaired) electrons. The van der Waals surface area contributed by atoms with Gasteiger partial charge >= 0.3 is 0 Å². The molecule has 4 rings (SSSR count). The Hall–Kier alpha value is -4.32. The zero-order valence-electron chi connectivity index (χ0n) is 23.0. The van der Waals surface area contributed by atoms with Crippen LogP contribution in [0.2, 0.25) is 0 Å². The predicted octanol–water partition coefficient (Wildman–Crippen LogP) is 6.97. The molecule has 0 aliphatic rings. The van der Waals surface area contributed by atoms with E-state index in [1.54, 1.807) is 19.5 Å². The third-order valence-electron chi connectivity index (χ3n) is 6.69. The standard InChI is InChI=1S/C33H35N3O3/c1-5-8-30(37)18-26-14-13-25(19-32(26)39-4)31-21-34-20-29(35-31)16-23(3)24-10-7-12-28(17-24)36-33(38)27-11-6-9-22(2)15-27/h6-7,9-15,17,19-21,23H,5,8,16,18H2,1-4H3,(H,36,38)/t23-/m1/s1. The maximum atomic E-state index is 12.7. The Labute approximate surface area is 230 Å². The number of nitrogens with one attached hydrogen (secondary N) is 1. The molecular formula is C33H35N3O3. The summed E-state index contributed by atoms with van der Waals surface area (Å²) in [5, 5.41) is 3.01. The van der Waals surface area contributed by atoms with Crippen molar-refractivity contribution in [2.75, 3.05) is 12.4 Å². The summed E-state index contributed by atoms with van der Waals surface area (Å²) in [6.07, 6.45) is 6.00. The van der Waals surface area contributed by atoms with Crippen molar-refractivity contribution in [3.8, 4) is 17.0 Å². The molecule has 1 heterocycles. The van der Waals surface area contributed by atoms with E-state index in [0.717, 1.165) is 45.7 Å². The number of methoxy groups -OCH3 is 1. The van der Waals surface area contributed by atoms with Gasteiger partial charge in [-0.1, -0.05) is 55.8 Å². The Balaban J connectivity index is 1.47. The summed E-state index contributed by atoms with van der Waals surface area (Å²) >= 11 is 0. The van der Waals surface area contributed by atoms with Crippen molar-refractivity contribution in [1.29, 1.82) is 0 Å². The van der Waals surface area contributed by atoms with E-state index in [2.05, 4.69) is 23.3 Å². The van der Waals surface area contributed by atoms with Crippen LogP contribution in [0, 0.1) is 6.92 Å². The van der Waals surface area contributed by atoms with Gasteiger partial charge in [-0.3, -0.25) is 14.6 Å². The summed E-state index contributed by atoms with van der Waals surface area (Å²) in [6, 6.07) is 21.3. The van der Waals surface area contributed by atoms with E-state index in [1.807, 2.05) is 74.5 Å². The largest absolute Gasteiger partial charge is 0.496 e. The molecule has 0 saturated carbocycles. The molecule has 1 aromatic heterocycles. The molecule has 0 bridgehead atoms. The third kappa shape index (κ3) is 7.38. The van der Waals surface area contributed by atoms with Crippen LogP contribution in [0.4, 0.5) is 5.69 Å². The zero-order valence-corrected chi connectivity index (χ0v) is 23.0. The van der Waals surface area contributed by atoms with Crippen molar-refractivity contribution < 1.29 is 14.3 Å². The highest BCUT2D eigenvalue weighted by Gasteiger charge is 2.14. The lowest BCUT2D eigenvalue weighted by atomic mass is 9.95. The van der Waals surface area contributed by atoms with Gasteiger partial charge in [0.2, 0.25) is 0 Å². The van der Waals surface area contributed by atoms with Gasteiger partial charge in [-0.2, -0.15) is 0 Å². The number of aryl methyl sites for hydroxylation is 1. The van der Waals surface area contributed by atoms with Crippen LogP contribution in [0.25, 0.3) is 11.3 Å². The first-order valence-corrected chi connectivity index (χ1v) is 13.3. The number of ether oxygens (including phenoxy) is 1. The smallest absolute Gasteiger partial charge is 0.255 e. The molecule has 6 heteroatoms.